The van der Waals surface area contributed by atoms with Gasteiger partial charge in [-0.05, 0) is 42.7 Å². The lowest BCUT2D eigenvalue weighted by Gasteiger charge is -2.09. The minimum Gasteiger partial charge on any atom is -0.493 e. The zero-order chi connectivity index (χ0) is 15.5. The summed E-state index contributed by atoms with van der Waals surface area (Å²) in [5.41, 5.74) is 4.14. The van der Waals surface area contributed by atoms with E-state index in [0.717, 1.165) is 46.9 Å². The summed E-state index contributed by atoms with van der Waals surface area (Å²) in [5.74, 6) is 2.45. The van der Waals surface area contributed by atoms with Crippen LogP contribution in [0.25, 0.3) is 11.2 Å². The fraction of sp³-hybridized carbons (Fsp3) is 0.294. The molecule has 3 aromatic rings. The summed E-state index contributed by atoms with van der Waals surface area (Å²) in [4.78, 5) is 12.2. The molecule has 0 atom stereocenters. The minimum atomic E-state index is 0.745. The Morgan fingerprint density at radius 1 is 1.05 bits per heavy atom. The Morgan fingerprint density at radius 2 is 1.86 bits per heavy atom. The third-order valence-corrected chi connectivity index (χ3v) is 3.75. The summed E-state index contributed by atoms with van der Waals surface area (Å²) in [6, 6.07) is 7.97. The second-order valence-corrected chi connectivity index (χ2v) is 5.20. The van der Waals surface area contributed by atoms with Gasteiger partial charge in [0.15, 0.2) is 17.1 Å². The molecule has 0 spiro atoms. The van der Waals surface area contributed by atoms with Crippen LogP contribution in [0.1, 0.15) is 17.0 Å². The van der Waals surface area contributed by atoms with E-state index in [9.17, 15) is 0 Å². The number of aromatic nitrogens is 3. The number of imidazole rings is 1. The number of fused-ring (bicyclic) bond motifs is 1. The lowest BCUT2D eigenvalue weighted by molar-refractivity contribution is 0.354. The van der Waals surface area contributed by atoms with E-state index in [1.54, 1.807) is 20.4 Å². The summed E-state index contributed by atoms with van der Waals surface area (Å²) in [5, 5.41) is 0. The van der Waals surface area contributed by atoms with Crippen LogP contribution in [0.3, 0.4) is 0 Å². The number of nitrogens with one attached hydrogen (secondary N) is 1. The van der Waals surface area contributed by atoms with E-state index in [4.69, 9.17) is 9.47 Å². The maximum Gasteiger partial charge on any atom is 0.177 e. The zero-order valence-electron chi connectivity index (χ0n) is 13.0. The first-order valence-corrected chi connectivity index (χ1v) is 7.22. The van der Waals surface area contributed by atoms with Gasteiger partial charge in [-0.3, -0.25) is 0 Å². The van der Waals surface area contributed by atoms with Crippen LogP contribution < -0.4 is 9.47 Å². The van der Waals surface area contributed by atoms with Crippen LogP contribution in [-0.2, 0) is 12.8 Å². The second-order valence-electron chi connectivity index (χ2n) is 5.20. The van der Waals surface area contributed by atoms with Crippen LogP contribution in [0.5, 0.6) is 11.5 Å². The van der Waals surface area contributed by atoms with Crippen LogP contribution in [0.15, 0.2) is 30.5 Å². The number of hydrogen-bond acceptors (Lipinski definition) is 4. The molecule has 0 aliphatic heterocycles. The highest BCUT2D eigenvalue weighted by Crippen LogP contribution is 2.28. The Labute approximate surface area is 129 Å². The van der Waals surface area contributed by atoms with E-state index in [1.807, 2.05) is 24.3 Å². The Hall–Kier alpha value is -2.56. The molecule has 2 aromatic heterocycles. The van der Waals surface area contributed by atoms with Gasteiger partial charge in [0.25, 0.3) is 0 Å². The molecule has 5 nitrogen and oxygen atoms in total. The Morgan fingerprint density at radius 3 is 2.59 bits per heavy atom. The van der Waals surface area contributed by atoms with Crippen molar-refractivity contribution in [2.24, 2.45) is 0 Å². The van der Waals surface area contributed by atoms with E-state index in [2.05, 4.69) is 21.9 Å². The van der Waals surface area contributed by atoms with Crippen LogP contribution in [0.2, 0.25) is 0 Å². The third kappa shape index (κ3) is 2.74. The van der Waals surface area contributed by atoms with Gasteiger partial charge >= 0.3 is 0 Å². The molecule has 1 aromatic carbocycles. The second kappa shape index (κ2) is 6.05. The number of pyridine rings is 1. The first-order chi connectivity index (χ1) is 10.7. The Bertz CT molecular complexity index is 796. The third-order valence-electron chi connectivity index (χ3n) is 3.75. The number of nitrogens with zero attached hydrogens (tertiary/aromatic N) is 2. The van der Waals surface area contributed by atoms with Crippen LogP contribution >= 0.6 is 0 Å². The summed E-state index contributed by atoms with van der Waals surface area (Å²) in [6.45, 7) is 2.06. The van der Waals surface area contributed by atoms with E-state index >= 15 is 0 Å². The molecular formula is C17H19N3O2. The maximum absolute atomic E-state index is 5.33. The van der Waals surface area contributed by atoms with Crippen molar-refractivity contribution in [3.05, 3.63) is 47.4 Å². The molecule has 3 rings (SSSR count). The molecule has 2 heterocycles. The van der Waals surface area contributed by atoms with Crippen molar-refractivity contribution in [2.45, 2.75) is 19.8 Å². The number of aryl methyl sites for hydroxylation is 3. The first kappa shape index (κ1) is 14.4. The minimum absolute atomic E-state index is 0.745. The average Bonchev–Trinajstić information content (AvgIpc) is 2.97. The molecule has 0 amide bonds. The van der Waals surface area contributed by atoms with Crippen molar-refractivity contribution in [3.63, 3.8) is 0 Å². The fourth-order valence-corrected chi connectivity index (χ4v) is 2.50. The Balaban J connectivity index is 1.77. The summed E-state index contributed by atoms with van der Waals surface area (Å²) in [6.07, 6.45) is 3.49. The molecule has 0 radical (unpaired) electrons. The molecule has 1 N–H and O–H groups in total. The van der Waals surface area contributed by atoms with E-state index in [1.165, 1.54) is 5.56 Å². The summed E-state index contributed by atoms with van der Waals surface area (Å²) < 4.78 is 10.6. The van der Waals surface area contributed by atoms with Crippen molar-refractivity contribution < 1.29 is 9.47 Å². The van der Waals surface area contributed by atoms with Crippen molar-refractivity contribution >= 4 is 11.2 Å². The monoisotopic (exact) mass is 297 g/mol. The van der Waals surface area contributed by atoms with Crippen molar-refractivity contribution in [2.75, 3.05) is 14.2 Å². The lowest BCUT2D eigenvalue weighted by Crippen LogP contribution is -1.96. The maximum atomic E-state index is 5.33. The fourth-order valence-electron chi connectivity index (χ4n) is 2.50. The summed E-state index contributed by atoms with van der Waals surface area (Å²) in [7, 11) is 3.29. The molecule has 0 bridgehead atoms. The van der Waals surface area contributed by atoms with Gasteiger partial charge in [0.1, 0.15) is 5.82 Å². The smallest absolute Gasteiger partial charge is 0.177 e. The highest BCUT2D eigenvalue weighted by molar-refractivity contribution is 5.74. The average molecular weight is 297 g/mol. The lowest BCUT2D eigenvalue weighted by atomic mass is 10.1. The molecule has 0 saturated carbocycles. The van der Waals surface area contributed by atoms with Crippen molar-refractivity contribution in [3.8, 4) is 11.5 Å². The molecule has 0 unspecified atom stereocenters. The number of hydrogen-bond donors (Lipinski definition) is 1. The van der Waals surface area contributed by atoms with Gasteiger partial charge in [0.2, 0.25) is 0 Å². The van der Waals surface area contributed by atoms with Gasteiger partial charge in [-0.25, -0.2) is 9.97 Å². The number of ether oxygens (including phenoxy) is 2. The standard InChI is InChI=1S/C17H19N3O2/c1-11-8-9-18-17-16(11)19-15(20-17)7-5-12-4-6-13(21-2)14(10-12)22-3/h4,6,8-10H,5,7H2,1-3H3,(H,18,19,20). The van der Waals surface area contributed by atoms with Crippen LogP contribution in [-0.4, -0.2) is 29.2 Å². The number of aromatic amines is 1. The first-order valence-electron chi connectivity index (χ1n) is 7.22. The molecule has 0 aliphatic rings. The van der Waals surface area contributed by atoms with Crippen molar-refractivity contribution in [1.82, 2.24) is 15.0 Å². The Kier molecular flexibility index (Phi) is 3.96. The quantitative estimate of drug-likeness (QED) is 0.786. The van der Waals surface area contributed by atoms with Gasteiger partial charge in [-0.2, -0.15) is 0 Å². The number of methoxy groups -OCH3 is 2. The topological polar surface area (TPSA) is 60.0 Å². The summed E-state index contributed by atoms with van der Waals surface area (Å²) >= 11 is 0. The predicted molar refractivity (Wildman–Crippen MR) is 85.6 cm³/mol. The highest BCUT2D eigenvalue weighted by atomic mass is 16.5. The van der Waals surface area contributed by atoms with E-state index in [-0.39, 0.29) is 0 Å². The predicted octanol–water partition coefficient (Wildman–Crippen LogP) is 3.07. The number of rotatable bonds is 5. The number of H-pyrrole nitrogens is 1. The van der Waals surface area contributed by atoms with Crippen LogP contribution in [0.4, 0.5) is 0 Å². The SMILES string of the molecule is COc1ccc(CCc2nc3nccc(C)c3[nH]2)cc1OC. The molecule has 22 heavy (non-hydrogen) atoms. The van der Waals surface area contributed by atoms with Crippen molar-refractivity contribution in [1.29, 1.82) is 0 Å². The van der Waals surface area contributed by atoms with E-state index < -0.39 is 0 Å². The molecule has 0 fully saturated rings. The molecule has 0 aliphatic carbocycles. The zero-order valence-corrected chi connectivity index (χ0v) is 13.0. The largest absolute Gasteiger partial charge is 0.493 e. The van der Waals surface area contributed by atoms with Gasteiger partial charge < -0.3 is 14.5 Å². The van der Waals surface area contributed by atoms with Gasteiger partial charge in [0, 0.05) is 12.6 Å². The molecule has 0 saturated heterocycles. The van der Waals surface area contributed by atoms with Gasteiger partial charge in [0.05, 0.1) is 19.7 Å². The van der Waals surface area contributed by atoms with Gasteiger partial charge in [-0.15, -0.1) is 0 Å². The highest BCUT2D eigenvalue weighted by Gasteiger charge is 2.08. The molecule has 114 valence electrons. The van der Waals surface area contributed by atoms with Gasteiger partial charge in [-0.1, -0.05) is 6.07 Å². The van der Waals surface area contributed by atoms with E-state index in [0.29, 0.717) is 0 Å². The molecular weight excluding hydrogens is 278 g/mol. The molecule has 5 heteroatoms. The number of benzene rings is 1. The van der Waals surface area contributed by atoms with Crippen LogP contribution in [0, 0.1) is 6.92 Å². The normalized spacial score (nSPS) is 10.9.